The van der Waals surface area contributed by atoms with Crippen LogP contribution < -0.4 is 4.57 Å². The Labute approximate surface area is 322 Å². The van der Waals surface area contributed by atoms with Crippen molar-refractivity contribution in [1.82, 2.24) is 9.55 Å². The monoisotopic (exact) mass is 717 g/mol. The second-order valence-electron chi connectivity index (χ2n) is 15.7. The van der Waals surface area contributed by atoms with E-state index in [4.69, 9.17) is 9.41 Å². The van der Waals surface area contributed by atoms with E-state index in [0.29, 0.717) is 0 Å². The lowest BCUT2D eigenvalue weighted by Gasteiger charge is -2.30. The molecule has 8 aromatic rings. The first-order valence-corrected chi connectivity index (χ1v) is 19.2. The van der Waals surface area contributed by atoms with Crippen LogP contribution in [0.15, 0.2) is 162 Å². The van der Waals surface area contributed by atoms with E-state index in [0.717, 1.165) is 74.2 Å². The molecule has 5 nitrogen and oxygen atoms in total. The molecule has 4 heterocycles. The predicted octanol–water partition coefficient (Wildman–Crippen LogP) is 11.6. The summed E-state index contributed by atoms with van der Waals surface area (Å²) in [4.78, 5) is 9.74. The molecule has 1 aliphatic rings. The van der Waals surface area contributed by atoms with Gasteiger partial charge in [0.25, 0.3) is 5.82 Å². The summed E-state index contributed by atoms with van der Waals surface area (Å²) in [6, 6.07) is 41.2. The summed E-state index contributed by atoms with van der Waals surface area (Å²) in [7, 11) is 2.16. The molecule has 0 spiro atoms. The first kappa shape index (κ1) is 34.4. The Bertz CT molecular complexity index is 2810. The minimum absolute atomic E-state index is 0.0487. The Morgan fingerprint density at radius 2 is 1.62 bits per heavy atom. The van der Waals surface area contributed by atoms with Crippen molar-refractivity contribution >= 4 is 38.7 Å². The maximum Gasteiger partial charge on any atom is 0.299 e. The number of para-hydroxylation sites is 1. The van der Waals surface area contributed by atoms with Gasteiger partial charge in [0, 0.05) is 40.1 Å². The second kappa shape index (κ2) is 13.5. The Kier molecular flexibility index (Phi) is 8.46. The van der Waals surface area contributed by atoms with Gasteiger partial charge in [0.2, 0.25) is 0 Å². The maximum absolute atomic E-state index is 6.92. The zero-order chi connectivity index (χ0) is 37.8. The van der Waals surface area contributed by atoms with Crippen LogP contribution in [0.25, 0.3) is 61.2 Å². The van der Waals surface area contributed by atoms with Crippen molar-refractivity contribution in [3.05, 3.63) is 175 Å². The van der Waals surface area contributed by atoms with Gasteiger partial charge >= 0.3 is 0 Å². The van der Waals surface area contributed by atoms with Gasteiger partial charge in [-0.15, -0.1) is 6.58 Å². The van der Waals surface area contributed by atoms with Crippen LogP contribution in [0.4, 0.5) is 0 Å². The Balaban J connectivity index is 1.30. The van der Waals surface area contributed by atoms with Gasteiger partial charge in [-0.05, 0) is 64.8 Å². The molecule has 2 atom stereocenters. The fourth-order valence-corrected chi connectivity index (χ4v) is 8.73. The van der Waals surface area contributed by atoms with Crippen molar-refractivity contribution < 1.29 is 8.98 Å². The summed E-state index contributed by atoms with van der Waals surface area (Å²) < 4.78 is 11.7. The van der Waals surface area contributed by atoms with E-state index in [-0.39, 0.29) is 17.4 Å². The fraction of sp³-hybridized carbons (Fsp3) is 0.180. The highest BCUT2D eigenvalue weighted by Crippen LogP contribution is 2.43. The standard InChI is InChI=1S/C50H45N4O/c1-7-41-36-19-13-12-18-35(36)37(42(8-2)52-41)25-22-33-23-26-39-38-20-14-15-21-46(38)55-48(39)47(33)49-53(6)45-31-51-29-28-44(45)54(49)43-27-24-34(30-40(43)50(3,4)5)32-16-10-9-11-17-32/h7-21,23-24,26-31,37,42H,1-2,22,25H2,3-6H3/q+1. The number of hydrogen-bond donors (Lipinski definition) is 0. The lowest BCUT2D eigenvalue weighted by Crippen LogP contribution is -2.31. The third-order valence-corrected chi connectivity index (χ3v) is 11.4. The van der Waals surface area contributed by atoms with E-state index in [1.54, 1.807) is 0 Å². The van der Waals surface area contributed by atoms with Gasteiger partial charge in [-0.3, -0.25) is 9.98 Å². The lowest BCUT2D eigenvalue weighted by molar-refractivity contribution is -0.633. The van der Waals surface area contributed by atoms with Crippen LogP contribution in [0, 0.1) is 0 Å². The molecule has 0 bridgehead atoms. The average Bonchev–Trinajstić information content (AvgIpc) is 3.74. The van der Waals surface area contributed by atoms with Crippen molar-refractivity contribution in [3.8, 4) is 28.2 Å². The molecular formula is C50H45N4O+. The number of fused-ring (bicyclic) bond motifs is 5. The summed E-state index contributed by atoms with van der Waals surface area (Å²) in [6.07, 6.45) is 9.42. The Morgan fingerprint density at radius 3 is 2.42 bits per heavy atom. The molecule has 0 radical (unpaired) electrons. The first-order valence-electron chi connectivity index (χ1n) is 19.2. The van der Waals surface area contributed by atoms with Gasteiger partial charge in [-0.25, -0.2) is 4.57 Å². The van der Waals surface area contributed by atoms with Gasteiger partial charge < -0.3 is 4.42 Å². The summed E-state index contributed by atoms with van der Waals surface area (Å²) in [5.74, 6) is 1.22. The van der Waals surface area contributed by atoms with Crippen molar-refractivity contribution in [2.24, 2.45) is 12.0 Å². The molecule has 0 saturated heterocycles. The molecule has 9 rings (SSSR count). The van der Waals surface area contributed by atoms with Crippen molar-refractivity contribution in [3.63, 3.8) is 0 Å². The second-order valence-corrected chi connectivity index (χ2v) is 15.7. The number of aliphatic imine (C=N–C) groups is 1. The molecule has 270 valence electrons. The number of allylic oxidation sites excluding steroid dienone is 1. The lowest BCUT2D eigenvalue weighted by atomic mass is 9.80. The predicted molar refractivity (Wildman–Crippen MR) is 227 cm³/mol. The number of aryl methyl sites for hydroxylation is 2. The zero-order valence-corrected chi connectivity index (χ0v) is 32.0. The number of benzene rings is 5. The van der Waals surface area contributed by atoms with Crippen LogP contribution in [0.2, 0.25) is 0 Å². The Hall–Kier alpha value is -6.33. The van der Waals surface area contributed by atoms with Gasteiger partial charge in [0.15, 0.2) is 16.6 Å². The van der Waals surface area contributed by atoms with E-state index in [9.17, 15) is 0 Å². The van der Waals surface area contributed by atoms with Gasteiger partial charge in [0.05, 0.1) is 25.0 Å². The third-order valence-electron chi connectivity index (χ3n) is 11.4. The number of hydrogen-bond acceptors (Lipinski definition) is 3. The maximum atomic E-state index is 6.92. The van der Waals surface area contributed by atoms with Crippen molar-refractivity contribution in [2.75, 3.05) is 0 Å². The molecule has 0 fully saturated rings. The van der Waals surface area contributed by atoms with Crippen LogP contribution in [-0.2, 0) is 18.9 Å². The largest absolute Gasteiger partial charge is 0.455 e. The fourth-order valence-electron chi connectivity index (χ4n) is 8.73. The summed E-state index contributed by atoms with van der Waals surface area (Å²) in [6.45, 7) is 15.2. The highest BCUT2D eigenvalue weighted by molar-refractivity contribution is 6.11. The smallest absolute Gasteiger partial charge is 0.299 e. The van der Waals surface area contributed by atoms with E-state index in [1.165, 1.54) is 27.8 Å². The summed E-state index contributed by atoms with van der Waals surface area (Å²) >= 11 is 0. The molecule has 1 aliphatic heterocycles. The normalized spacial score (nSPS) is 15.7. The molecule has 0 N–H and O–H groups in total. The number of aromatic nitrogens is 3. The summed E-state index contributed by atoms with van der Waals surface area (Å²) in [5, 5.41) is 2.21. The van der Waals surface area contributed by atoms with Crippen LogP contribution in [0.1, 0.15) is 55.4 Å². The van der Waals surface area contributed by atoms with E-state index < -0.39 is 0 Å². The van der Waals surface area contributed by atoms with Crippen LogP contribution >= 0.6 is 0 Å². The molecular weight excluding hydrogens is 673 g/mol. The molecule has 3 aromatic heterocycles. The molecule has 0 saturated carbocycles. The quantitative estimate of drug-likeness (QED) is 0.116. The first-order chi connectivity index (χ1) is 26.8. The molecule has 0 amide bonds. The van der Waals surface area contributed by atoms with Crippen LogP contribution in [0.5, 0.6) is 0 Å². The van der Waals surface area contributed by atoms with Crippen molar-refractivity contribution in [2.45, 2.75) is 51.0 Å². The van der Waals surface area contributed by atoms with Gasteiger partial charge in [-0.1, -0.05) is 124 Å². The van der Waals surface area contributed by atoms with E-state index in [1.807, 2.05) is 30.6 Å². The number of nitrogens with zero attached hydrogens (tertiary/aromatic N) is 4. The van der Waals surface area contributed by atoms with E-state index >= 15 is 0 Å². The minimum atomic E-state index is -0.160. The van der Waals surface area contributed by atoms with Gasteiger partial charge in [0.1, 0.15) is 16.8 Å². The minimum Gasteiger partial charge on any atom is -0.455 e. The zero-order valence-electron chi connectivity index (χ0n) is 32.0. The van der Waals surface area contributed by atoms with Crippen LogP contribution in [-0.4, -0.2) is 21.3 Å². The number of rotatable bonds is 8. The van der Waals surface area contributed by atoms with Crippen LogP contribution in [0.3, 0.4) is 0 Å². The molecule has 5 aromatic carbocycles. The number of furan rings is 1. The third kappa shape index (κ3) is 5.74. The Morgan fingerprint density at radius 1 is 0.836 bits per heavy atom. The average molecular weight is 718 g/mol. The van der Waals surface area contributed by atoms with Gasteiger partial charge in [-0.2, -0.15) is 4.57 Å². The molecule has 55 heavy (non-hydrogen) atoms. The summed E-state index contributed by atoms with van der Waals surface area (Å²) in [5.41, 5.74) is 14.2. The topological polar surface area (TPSA) is 47.2 Å². The molecule has 5 heteroatoms. The number of imidazole rings is 1. The highest BCUT2D eigenvalue weighted by atomic mass is 16.3. The molecule has 2 unspecified atom stereocenters. The molecule has 0 aliphatic carbocycles. The highest BCUT2D eigenvalue weighted by Gasteiger charge is 2.35. The van der Waals surface area contributed by atoms with E-state index in [2.05, 4.69) is 164 Å². The number of pyridine rings is 1. The van der Waals surface area contributed by atoms with Crippen molar-refractivity contribution in [1.29, 1.82) is 0 Å². The SMILES string of the molecule is C=CC1=NC(C=C)C(CCc2ccc3c(oc4ccccc43)c2-c2n(-c3ccc(-c4ccccc4)cc3C(C)(C)C)c3ccncc3[n+]2C)c2ccccc21.